The second kappa shape index (κ2) is 10.2. The van der Waals surface area contributed by atoms with E-state index in [2.05, 4.69) is 5.32 Å². The number of piperidine rings is 1. The van der Waals surface area contributed by atoms with Crippen LogP contribution in [-0.4, -0.2) is 42.1 Å². The summed E-state index contributed by atoms with van der Waals surface area (Å²) in [5, 5.41) is 2.82. The van der Waals surface area contributed by atoms with Crippen LogP contribution in [0.25, 0.3) is 0 Å². The Bertz CT molecular complexity index is 900. The van der Waals surface area contributed by atoms with Crippen LogP contribution in [0.4, 0.5) is 0 Å². The normalized spacial score (nSPS) is 14.4. The number of carbonyl (C=O) groups is 3. The molecule has 1 N–H and O–H groups in total. The molecule has 3 rings (SSSR count). The lowest BCUT2D eigenvalue weighted by molar-refractivity contribution is -0.132. The molecule has 0 bridgehead atoms. The summed E-state index contributed by atoms with van der Waals surface area (Å²) < 4.78 is 0. The molecule has 1 aliphatic rings. The molecule has 0 aliphatic carbocycles. The fourth-order valence-corrected chi connectivity index (χ4v) is 4.01. The number of rotatable bonds is 7. The lowest BCUT2D eigenvalue weighted by Gasteiger charge is -2.31. The minimum absolute atomic E-state index is 0.0268. The van der Waals surface area contributed by atoms with E-state index >= 15 is 0 Å². The van der Waals surface area contributed by atoms with Gasteiger partial charge >= 0.3 is 0 Å². The number of carbonyl (C=O) groups excluding carboxylic acids is 3. The molecule has 2 aromatic rings. The molecule has 1 aliphatic heterocycles. The molecule has 5 nitrogen and oxygen atoms in total. The molecule has 0 radical (unpaired) electrons. The monoisotopic (exact) mass is 406 g/mol. The minimum Gasteiger partial charge on any atom is -0.355 e. The first-order valence-electron chi connectivity index (χ1n) is 10.6. The Kier molecular flexibility index (Phi) is 7.39. The lowest BCUT2D eigenvalue weighted by atomic mass is 9.87. The number of benzene rings is 2. The van der Waals surface area contributed by atoms with Gasteiger partial charge in [0.05, 0.1) is 6.42 Å². The van der Waals surface area contributed by atoms with E-state index in [0.29, 0.717) is 38.9 Å². The molecule has 1 saturated heterocycles. The molecule has 2 aromatic carbocycles. The van der Waals surface area contributed by atoms with E-state index in [0.717, 1.165) is 22.3 Å². The number of amides is 2. The predicted molar refractivity (Wildman–Crippen MR) is 117 cm³/mol. The smallest absolute Gasteiger partial charge is 0.224 e. The fourth-order valence-electron chi connectivity index (χ4n) is 4.01. The Balaban J connectivity index is 1.40. The molecule has 0 spiro atoms. The van der Waals surface area contributed by atoms with Crippen LogP contribution < -0.4 is 5.32 Å². The largest absolute Gasteiger partial charge is 0.355 e. The Morgan fingerprint density at radius 1 is 1.00 bits per heavy atom. The number of nitrogens with zero attached hydrogens (tertiary/aromatic N) is 1. The number of hydrogen-bond donors (Lipinski definition) is 1. The zero-order chi connectivity index (χ0) is 21.5. The molecule has 2 amide bonds. The van der Waals surface area contributed by atoms with Gasteiger partial charge < -0.3 is 10.2 Å². The van der Waals surface area contributed by atoms with E-state index in [1.807, 2.05) is 67.3 Å². The number of likely N-dealkylation sites (tertiary alicyclic amines) is 1. The lowest BCUT2D eigenvalue weighted by Crippen LogP contribution is -2.41. The summed E-state index contributed by atoms with van der Waals surface area (Å²) in [5.41, 5.74) is 3.92. The molecule has 5 heteroatoms. The molecule has 0 unspecified atom stereocenters. The van der Waals surface area contributed by atoms with Gasteiger partial charge in [0, 0.05) is 37.5 Å². The maximum Gasteiger partial charge on any atom is 0.224 e. The topological polar surface area (TPSA) is 66.5 Å². The fraction of sp³-hybridized carbons (Fsp3) is 0.400. The van der Waals surface area contributed by atoms with Gasteiger partial charge in [-0.2, -0.15) is 0 Å². The molecule has 1 fully saturated rings. The molecule has 158 valence electrons. The Labute approximate surface area is 178 Å². The maximum absolute atomic E-state index is 12.9. The van der Waals surface area contributed by atoms with Gasteiger partial charge in [0.1, 0.15) is 0 Å². The molecule has 0 atom stereocenters. The van der Waals surface area contributed by atoms with E-state index in [1.54, 1.807) is 0 Å². The highest BCUT2D eigenvalue weighted by Crippen LogP contribution is 2.24. The Hall–Kier alpha value is -2.95. The van der Waals surface area contributed by atoms with E-state index in [9.17, 15) is 14.4 Å². The highest BCUT2D eigenvalue weighted by Gasteiger charge is 2.28. The summed E-state index contributed by atoms with van der Waals surface area (Å²) in [6.45, 7) is 5.53. The summed E-state index contributed by atoms with van der Waals surface area (Å²) in [5.74, 6) is 0.119. The minimum atomic E-state index is -0.0771. The van der Waals surface area contributed by atoms with Crippen molar-refractivity contribution in [2.45, 2.75) is 39.5 Å². The second-order valence-corrected chi connectivity index (χ2v) is 8.10. The number of hydrogen-bond acceptors (Lipinski definition) is 3. The van der Waals surface area contributed by atoms with Crippen LogP contribution in [0.3, 0.4) is 0 Å². The van der Waals surface area contributed by atoms with Crippen molar-refractivity contribution in [1.82, 2.24) is 10.2 Å². The van der Waals surface area contributed by atoms with Gasteiger partial charge in [0.25, 0.3) is 0 Å². The summed E-state index contributed by atoms with van der Waals surface area (Å²) in [6.07, 6.45) is 1.99. The number of Topliss-reactive ketones (excluding diaryl/α,β-unsaturated/α-hetero) is 1. The van der Waals surface area contributed by atoms with Crippen molar-refractivity contribution in [3.63, 3.8) is 0 Å². The van der Waals surface area contributed by atoms with E-state index in [1.165, 1.54) is 0 Å². The number of aryl methyl sites for hydroxylation is 2. The van der Waals surface area contributed by atoms with Crippen molar-refractivity contribution in [1.29, 1.82) is 0 Å². The van der Waals surface area contributed by atoms with E-state index in [4.69, 9.17) is 0 Å². The highest BCUT2D eigenvalue weighted by atomic mass is 16.2. The first-order valence-corrected chi connectivity index (χ1v) is 10.6. The standard InChI is InChI=1S/C25H30N2O3/c1-18-8-9-22(19(2)16-18)25(30)21-11-14-27(15-12-21)24(29)10-13-26-23(28)17-20-6-4-3-5-7-20/h3-9,16,21H,10-15,17H2,1-2H3,(H,26,28). The van der Waals surface area contributed by atoms with Gasteiger partial charge in [-0.25, -0.2) is 0 Å². The van der Waals surface area contributed by atoms with Gasteiger partial charge in [0.2, 0.25) is 11.8 Å². The van der Waals surface area contributed by atoms with Crippen molar-refractivity contribution >= 4 is 17.6 Å². The Morgan fingerprint density at radius 3 is 2.37 bits per heavy atom. The van der Waals surface area contributed by atoms with Crippen LogP contribution in [0.2, 0.25) is 0 Å². The van der Waals surface area contributed by atoms with Gasteiger partial charge in [-0.3, -0.25) is 14.4 Å². The third-order valence-electron chi connectivity index (χ3n) is 5.73. The van der Waals surface area contributed by atoms with E-state index < -0.39 is 0 Å². The third kappa shape index (κ3) is 5.78. The van der Waals surface area contributed by atoms with Crippen molar-refractivity contribution < 1.29 is 14.4 Å². The molecule has 1 heterocycles. The van der Waals surface area contributed by atoms with Gasteiger partial charge in [-0.1, -0.05) is 54.1 Å². The number of nitrogens with one attached hydrogen (secondary N) is 1. The SMILES string of the molecule is Cc1ccc(C(=O)C2CCN(C(=O)CCNC(=O)Cc3ccccc3)CC2)c(C)c1. The molecule has 0 aromatic heterocycles. The van der Waals surface area contributed by atoms with Crippen LogP contribution in [0, 0.1) is 19.8 Å². The molecular weight excluding hydrogens is 376 g/mol. The molecule has 30 heavy (non-hydrogen) atoms. The summed E-state index contributed by atoms with van der Waals surface area (Å²) >= 11 is 0. The van der Waals surface area contributed by atoms with Crippen LogP contribution in [0.15, 0.2) is 48.5 Å². The summed E-state index contributed by atoms with van der Waals surface area (Å²) in [4.78, 5) is 39.1. The third-order valence-corrected chi connectivity index (χ3v) is 5.73. The molecular formula is C25H30N2O3. The Morgan fingerprint density at radius 2 is 1.70 bits per heavy atom. The van der Waals surface area contributed by atoms with Gasteiger partial charge in [0.15, 0.2) is 5.78 Å². The predicted octanol–water partition coefficient (Wildman–Crippen LogP) is 3.47. The molecule has 0 saturated carbocycles. The van der Waals surface area contributed by atoms with Crippen LogP contribution in [0.5, 0.6) is 0 Å². The van der Waals surface area contributed by atoms with Crippen molar-refractivity contribution in [3.05, 3.63) is 70.8 Å². The van der Waals surface area contributed by atoms with Crippen molar-refractivity contribution in [2.24, 2.45) is 5.92 Å². The van der Waals surface area contributed by atoms with Crippen molar-refractivity contribution in [3.8, 4) is 0 Å². The van der Waals surface area contributed by atoms with Crippen LogP contribution >= 0.6 is 0 Å². The highest BCUT2D eigenvalue weighted by molar-refractivity contribution is 5.99. The number of ketones is 1. The van der Waals surface area contributed by atoms with Gasteiger partial charge in [-0.15, -0.1) is 0 Å². The quantitative estimate of drug-likeness (QED) is 0.716. The maximum atomic E-state index is 12.9. The van der Waals surface area contributed by atoms with Crippen LogP contribution in [-0.2, 0) is 16.0 Å². The average molecular weight is 407 g/mol. The average Bonchev–Trinajstić information content (AvgIpc) is 2.74. The summed E-state index contributed by atoms with van der Waals surface area (Å²) in [7, 11) is 0. The van der Waals surface area contributed by atoms with Gasteiger partial charge in [-0.05, 0) is 37.8 Å². The zero-order valence-corrected chi connectivity index (χ0v) is 17.8. The van der Waals surface area contributed by atoms with Crippen molar-refractivity contribution in [2.75, 3.05) is 19.6 Å². The van der Waals surface area contributed by atoms with E-state index in [-0.39, 0.29) is 29.9 Å². The summed E-state index contributed by atoms with van der Waals surface area (Å²) in [6, 6.07) is 15.5. The first-order chi connectivity index (χ1) is 14.4. The zero-order valence-electron chi connectivity index (χ0n) is 17.8. The van der Waals surface area contributed by atoms with Crippen LogP contribution in [0.1, 0.15) is 46.3 Å². The first kappa shape index (κ1) is 21.8. The second-order valence-electron chi connectivity index (χ2n) is 8.10.